The van der Waals surface area contributed by atoms with Gasteiger partial charge in [-0.15, -0.1) is 10.2 Å². The van der Waals surface area contributed by atoms with Crippen molar-refractivity contribution in [3.05, 3.63) is 34.1 Å². The molecule has 0 saturated heterocycles. The average molecular weight is 397 g/mol. The standard InChI is InChI=1S/C17H18Cl2N4OS/c1-9(16(24)20-14-7-4-11(18)8-13(14)19)25-17-22-21-15(10-2-3-10)23(17)12-5-6-12/h4,7-10,12H,2-3,5-6H2,1H3,(H,20,24)/t9-/m0/s1. The molecule has 25 heavy (non-hydrogen) atoms. The lowest BCUT2D eigenvalue weighted by molar-refractivity contribution is -0.115. The monoisotopic (exact) mass is 396 g/mol. The molecule has 0 bridgehead atoms. The van der Waals surface area contributed by atoms with Crippen LogP contribution in [0, 0.1) is 0 Å². The van der Waals surface area contributed by atoms with Gasteiger partial charge >= 0.3 is 0 Å². The van der Waals surface area contributed by atoms with Gasteiger partial charge in [0.25, 0.3) is 0 Å². The summed E-state index contributed by atoms with van der Waals surface area (Å²) in [6.45, 7) is 1.87. The zero-order chi connectivity index (χ0) is 17.6. The van der Waals surface area contributed by atoms with E-state index in [1.54, 1.807) is 18.2 Å². The van der Waals surface area contributed by atoms with Gasteiger partial charge in [-0.3, -0.25) is 4.79 Å². The Morgan fingerprint density at radius 3 is 2.68 bits per heavy atom. The second-order valence-electron chi connectivity index (χ2n) is 6.59. The number of carbonyl (C=O) groups is 1. The van der Waals surface area contributed by atoms with E-state index in [1.807, 2.05) is 6.92 Å². The van der Waals surface area contributed by atoms with Crippen LogP contribution in [-0.4, -0.2) is 25.9 Å². The number of aromatic nitrogens is 3. The summed E-state index contributed by atoms with van der Waals surface area (Å²) in [4.78, 5) is 12.5. The summed E-state index contributed by atoms with van der Waals surface area (Å²) in [5.74, 6) is 1.53. The molecule has 1 N–H and O–H groups in total. The molecule has 0 radical (unpaired) electrons. The summed E-state index contributed by atoms with van der Waals surface area (Å²) in [7, 11) is 0. The Morgan fingerprint density at radius 1 is 1.28 bits per heavy atom. The number of thioether (sulfide) groups is 1. The van der Waals surface area contributed by atoms with Crippen LogP contribution in [0.15, 0.2) is 23.4 Å². The fourth-order valence-corrected chi connectivity index (χ4v) is 4.08. The Balaban J connectivity index is 1.46. The van der Waals surface area contributed by atoms with Gasteiger partial charge in [0.1, 0.15) is 5.82 Å². The van der Waals surface area contributed by atoms with Crippen LogP contribution in [0.2, 0.25) is 10.0 Å². The number of halogens is 2. The summed E-state index contributed by atoms with van der Waals surface area (Å²) in [5, 5.41) is 13.1. The van der Waals surface area contributed by atoms with E-state index in [2.05, 4.69) is 20.1 Å². The minimum absolute atomic E-state index is 0.118. The van der Waals surface area contributed by atoms with Crippen molar-refractivity contribution in [3.8, 4) is 0 Å². The molecule has 0 unspecified atom stereocenters. The molecule has 2 aliphatic rings. The molecule has 2 aromatic rings. The topological polar surface area (TPSA) is 59.8 Å². The number of nitrogens with one attached hydrogen (secondary N) is 1. The molecule has 5 nitrogen and oxygen atoms in total. The molecule has 1 aromatic heterocycles. The van der Waals surface area contributed by atoms with Crippen LogP contribution in [0.1, 0.15) is 50.4 Å². The zero-order valence-corrected chi connectivity index (χ0v) is 16.0. The molecule has 0 aliphatic heterocycles. The van der Waals surface area contributed by atoms with Gasteiger partial charge in [-0.05, 0) is 50.8 Å². The number of carbonyl (C=O) groups excluding carboxylic acids is 1. The Hall–Kier alpha value is -1.24. The minimum atomic E-state index is -0.305. The first kappa shape index (κ1) is 17.2. The highest BCUT2D eigenvalue weighted by molar-refractivity contribution is 8.00. The molecular formula is C17H18Cl2N4OS. The van der Waals surface area contributed by atoms with Crippen molar-refractivity contribution in [1.82, 2.24) is 14.8 Å². The molecule has 1 heterocycles. The predicted molar refractivity (Wildman–Crippen MR) is 101 cm³/mol. The van der Waals surface area contributed by atoms with E-state index in [4.69, 9.17) is 23.2 Å². The second kappa shape index (κ2) is 6.82. The van der Waals surface area contributed by atoms with Crippen LogP contribution in [-0.2, 0) is 4.79 Å². The van der Waals surface area contributed by atoms with Gasteiger partial charge in [-0.1, -0.05) is 35.0 Å². The van der Waals surface area contributed by atoms with Gasteiger partial charge in [-0.2, -0.15) is 0 Å². The van der Waals surface area contributed by atoms with Gasteiger partial charge in [0.05, 0.1) is 16.0 Å². The Labute approximate surface area is 160 Å². The maximum atomic E-state index is 12.5. The maximum absolute atomic E-state index is 12.5. The van der Waals surface area contributed by atoms with Gasteiger partial charge in [0.2, 0.25) is 5.91 Å². The Morgan fingerprint density at radius 2 is 2.04 bits per heavy atom. The lowest BCUT2D eigenvalue weighted by atomic mass is 10.3. The number of hydrogen-bond acceptors (Lipinski definition) is 4. The summed E-state index contributed by atoms with van der Waals surface area (Å²) >= 11 is 13.5. The average Bonchev–Trinajstić information content (AvgIpc) is 3.49. The Bertz CT molecular complexity index is 817. The predicted octanol–water partition coefficient (Wildman–Crippen LogP) is 4.92. The first-order chi connectivity index (χ1) is 12.0. The van der Waals surface area contributed by atoms with Crippen molar-refractivity contribution >= 4 is 46.6 Å². The molecule has 4 rings (SSSR count). The molecule has 1 aromatic carbocycles. The highest BCUT2D eigenvalue weighted by atomic mass is 35.5. The zero-order valence-electron chi connectivity index (χ0n) is 13.7. The normalized spacial score (nSPS) is 18.2. The fraction of sp³-hybridized carbons (Fsp3) is 0.471. The molecular weight excluding hydrogens is 379 g/mol. The van der Waals surface area contributed by atoms with Crippen molar-refractivity contribution in [1.29, 1.82) is 0 Å². The highest BCUT2D eigenvalue weighted by Gasteiger charge is 2.37. The molecule has 2 fully saturated rings. The van der Waals surface area contributed by atoms with Gasteiger partial charge in [0.15, 0.2) is 5.16 Å². The van der Waals surface area contributed by atoms with E-state index in [0.717, 1.165) is 11.0 Å². The maximum Gasteiger partial charge on any atom is 0.237 e. The van der Waals surface area contributed by atoms with Crippen molar-refractivity contribution in [2.45, 2.75) is 55.0 Å². The second-order valence-corrected chi connectivity index (χ2v) is 8.74. The van der Waals surface area contributed by atoms with E-state index >= 15 is 0 Å². The third-order valence-electron chi connectivity index (χ3n) is 4.39. The molecule has 132 valence electrons. The first-order valence-corrected chi connectivity index (χ1v) is 10.0. The van der Waals surface area contributed by atoms with Crippen molar-refractivity contribution < 1.29 is 4.79 Å². The van der Waals surface area contributed by atoms with Crippen LogP contribution >= 0.6 is 35.0 Å². The van der Waals surface area contributed by atoms with Crippen molar-refractivity contribution in [2.75, 3.05) is 5.32 Å². The first-order valence-electron chi connectivity index (χ1n) is 8.40. The molecule has 1 atom stereocenters. The smallest absolute Gasteiger partial charge is 0.237 e. The van der Waals surface area contributed by atoms with Crippen LogP contribution in [0.3, 0.4) is 0 Å². The third kappa shape index (κ3) is 3.81. The molecule has 2 aliphatic carbocycles. The fourth-order valence-electron chi connectivity index (χ4n) is 2.70. The number of rotatable bonds is 6. The summed E-state index contributed by atoms with van der Waals surface area (Å²) in [6.07, 6.45) is 4.74. The third-order valence-corrected chi connectivity index (χ3v) is 5.99. The van der Waals surface area contributed by atoms with Gasteiger partial charge in [0, 0.05) is 17.0 Å². The Kier molecular flexibility index (Phi) is 4.69. The number of hydrogen-bond donors (Lipinski definition) is 1. The molecule has 8 heteroatoms. The van der Waals surface area contributed by atoms with Crippen molar-refractivity contribution in [3.63, 3.8) is 0 Å². The number of nitrogens with zero attached hydrogens (tertiary/aromatic N) is 3. The SMILES string of the molecule is C[C@H](Sc1nnc(C2CC2)n1C1CC1)C(=O)Nc1ccc(Cl)cc1Cl. The van der Waals surface area contributed by atoms with E-state index < -0.39 is 0 Å². The van der Waals surface area contributed by atoms with Crippen LogP contribution in [0.25, 0.3) is 0 Å². The summed E-state index contributed by atoms with van der Waals surface area (Å²) < 4.78 is 2.25. The number of benzene rings is 1. The van der Waals surface area contributed by atoms with Crippen molar-refractivity contribution in [2.24, 2.45) is 0 Å². The van der Waals surface area contributed by atoms with E-state index in [9.17, 15) is 4.79 Å². The minimum Gasteiger partial charge on any atom is -0.324 e. The number of anilines is 1. The molecule has 0 spiro atoms. The lowest BCUT2D eigenvalue weighted by Gasteiger charge is -2.14. The van der Waals surface area contributed by atoms with Crippen LogP contribution in [0.4, 0.5) is 5.69 Å². The van der Waals surface area contributed by atoms with Gasteiger partial charge < -0.3 is 9.88 Å². The van der Waals surface area contributed by atoms with E-state index in [0.29, 0.717) is 27.7 Å². The molecule has 2 saturated carbocycles. The van der Waals surface area contributed by atoms with E-state index in [-0.39, 0.29) is 11.2 Å². The highest BCUT2D eigenvalue weighted by Crippen LogP contribution is 2.46. The lowest BCUT2D eigenvalue weighted by Crippen LogP contribution is -2.23. The van der Waals surface area contributed by atoms with E-state index in [1.165, 1.54) is 37.4 Å². The quantitative estimate of drug-likeness (QED) is 0.704. The number of amides is 1. The summed E-state index contributed by atoms with van der Waals surface area (Å²) in [6, 6.07) is 5.53. The van der Waals surface area contributed by atoms with Crippen LogP contribution in [0.5, 0.6) is 0 Å². The van der Waals surface area contributed by atoms with Gasteiger partial charge in [-0.25, -0.2) is 0 Å². The largest absolute Gasteiger partial charge is 0.324 e. The molecule has 1 amide bonds. The summed E-state index contributed by atoms with van der Waals surface area (Å²) in [5.41, 5.74) is 0.561. The van der Waals surface area contributed by atoms with Crippen LogP contribution < -0.4 is 5.32 Å².